The smallest absolute Gasteiger partial charge is 0.224 e. The third kappa shape index (κ3) is 5.31. The summed E-state index contributed by atoms with van der Waals surface area (Å²) < 4.78 is 10.9. The fourth-order valence-electron chi connectivity index (χ4n) is 4.30. The highest BCUT2D eigenvalue weighted by Gasteiger charge is 2.23. The van der Waals surface area contributed by atoms with Gasteiger partial charge in [0, 0.05) is 51.1 Å². The zero-order valence-electron chi connectivity index (χ0n) is 18.8. The summed E-state index contributed by atoms with van der Waals surface area (Å²) in [7, 11) is 5.11. The van der Waals surface area contributed by atoms with E-state index in [0.29, 0.717) is 13.0 Å². The number of thiophene rings is 1. The minimum atomic E-state index is 0. The minimum Gasteiger partial charge on any atom is -0.493 e. The maximum atomic E-state index is 12.7. The van der Waals surface area contributed by atoms with E-state index < -0.39 is 0 Å². The van der Waals surface area contributed by atoms with Crippen LogP contribution in [0.5, 0.6) is 11.5 Å². The summed E-state index contributed by atoms with van der Waals surface area (Å²) in [5.41, 5.74) is 3.78. The molecule has 174 valence electrons. The van der Waals surface area contributed by atoms with Crippen LogP contribution in [0.2, 0.25) is 0 Å². The number of halogens is 1. The predicted molar refractivity (Wildman–Crippen MR) is 138 cm³/mol. The molecule has 0 atom stereocenters. The first kappa shape index (κ1) is 24.6. The number of methoxy groups -OCH3 is 2. The lowest BCUT2D eigenvalue weighted by atomic mass is 9.99. The van der Waals surface area contributed by atoms with Gasteiger partial charge >= 0.3 is 0 Å². The molecule has 32 heavy (non-hydrogen) atoms. The first-order valence-electron chi connectivity index (χ1n) is 10.6. The first-order chi connectivity index (χ1) is 15.1. The van der Waals surface area contributed by atoms with Crippen molar-refractivity contribution < 1.29 is 14.3 Å². The number of hydrogen-bond acceptors (Lipinski definition) is 5. The third-order valence-corrected chi connectivity index (χ3v) is 7.03. The molecule has 1 aromatic carbocycles. The Hall–Kier alpha value is -2.01. The Morgan fingerprint density at radius 1 is 1.06 bits per heavy atom. The number of carbonyl (C=O) groups excluding carboxylic acids is 1. The second-order valence-electron chi connectivity index (χ2n) is 7.81. The van der Waals surface area contributed by atoms with E-state index in [1.54, 1.807) is 32.6 Å². The quantitative estimate of drug-likeness (QED) is 0.340. The van der Waals surface area contributed by atoms with Crippen molar-refractivity contribution in [3.63, 3.8) is 0 Å². The van der Waals surface area contributed by atoms with Gasteiger partial charge in [-0.1, -0.05) is 0 Å². The Balaban J connectivity index is 0.00000289. The van der Waals surface area contributed by atoms with E-state index in [9.17, 15) is 4.79 Å². The Kier molecular flexibility index (Phi) is 8.64. The van der Waals surface area contributed by atoms with Crippen molar-refractivity contribution in [1.29, 1.82) is 0 Å². The molecule has 1 N–H and O–H groups in total. The molecule has 2 aliphatic rings. The molecule has 0 bridgehead atoms. The number of nitrogens with one attached hydrogen (secondary N) is 1. The van der Waals surface area contributed by atoms with Gasteiger partial charge in [0.15, 0.2) is 17.5 Å². The molecule has 0 spiro atoms. The van der Waals surface area contributed by atoms with Crippen molar-refractivity contribution in [1.82, 2.24) is 15.1 Å². The van der Waals surface area contributed by atoms with E-state index in [1.807, 2.05) is 11.0 Å². The molecule has 0 saturated carbocycles. The van der Waals surface area contributed by atoms with Crippen LogP contribution in [0, 0.1) is 0 Å². The van der Waals surface area contributed by atoms with Crippen LogP contribution >= 0.6 is 35.3 Å². The third-order valence-electron chi connectivity index (χ3n) is 6.01. The van der Waals surface area contributed by atoms with Crippen LogP contribution < -0.4 is 14.8 Å². The second-order valence-corrected chi connectivity index (χ2v) is 8.81. The molecule has 0 aliphatic carbocycles. The van der Waals surface area contributed by atoms with E-state index in [0.717, 1.165) is 56.5 Å². The highest BCUT2D eigenvalue weighted by molar-refractivity contribution is 14.0. The summed E-state index contributed by atoms with van der Waals surface area (Å²) in [6, 6.07) is 6.25. The molecule has 2 aliphatic heterocycles. The molecule has 1 amide bonds. The lowest BCUT2D eigenvalue weighted by Crippen LogP contribution is -2.45. The van der Waals surface area contributed by atoms with E-state index in [1.165, 1.54) is 21.6 Å². The molecule has 1 aromatic heterocycles. The van der Waals surface area contributed by atoms with Crippen LogP contribution in [0.25, 0.3) is 0 Å². The molecule has 0 saturated heterocycles. The zero-order chi connectivity index (χ0) is 21.8. The highest BCUT2D eigenvalue weighted by atomic mass is 127. The van der Waals surface area contributed by atoms with E-state index in [-0.39, 0.29) is 29.9 Å². The SMILES string of the molecule is CN=C(NCCC(=O)N1CCc2sccc2C1)N1CCc2cc(OC)c(OC)cc2C1.I. The van der Waals surface area contributed by atoms with Gasteiger partial charge in [-0.3, -0.25) is 9.79 Å². The number of carbonyl (C=O) groups is 1. The fraction of sp³-hybridized carbons (Fsp3) is 0.478. The molecule has 0 unspecified atom stereocenters. The summed E-state index contributed by atoms with van der Waals surface area (Å²) in [4.78, 5) is 22.7. The van der Waals surface area contributed by atoms with Gasteiger partial charge in [0.25, 0.3) is 0 Å². The molecule has 0 radical (unpaired) electrons. The number of rotatable bonds is 5. The zero-order valence-corrected chi connectivity index (χ0v) is 22.0. The Morgan fingerprint density at radius 2 is 1.75 bits per heavy atom. The van der Waals surface area contributed by atoms with Crippen molar-refractivity contribution in [2.45, 2.75) is 32.4 Å². The molecule has 7 nitrogen and oxygen atoms in total. The van der Waals surface area contributed by atoms with Crippen LogP contribution in [0.15, 0.2) is 28.6 Å². The van der Waals surface area contributed by atoms with Gasteiger partial charge < -0.3 is 24.6 Å². The van der Waals surface area contributed by atoms with E-state index in [4.69, 9.17) is 9.47 Å². The lowest BCUT2D eigenvalue weighted by Gasteiger charge is -2.32. The van der Waals surface area contributed by atoms with E-state index >= 15 is 0 Å². The number of benzene rings is 1. The van der Waals surface area contributed by atoms with Gasteiger partial charge in [-0.25, -0.2) is 0 Å². The molecule has 2 aromatic rings. The van der Waals surface area contributed by atoms with Crippen LogP contribution in [0.1, 0.15) is 28.0 Å². The van der Waals surface area contributed by atoms with Crippen molar-refractivity contribution in [2.24, 2.45) is 4.99 Å². The van der Waals surface area contributed by atoms with Gasteiger partial charge in [0.05, 0.1) is 14.2 Å². The van der Waals surface area contributed by atoms with Gasteiger partial charge in [0.1, 0.15) is 0 Å². The van der Waals surface area contributed by atoms with E-state index in [2.05, 4.69) is 32.7 Å². The van der Waals surface area contributed by atoms with Gasteiger partial charge in [0.2, 0.25) is 5.91 Å². The number of hydrogen-bond donors (Lipinski definition) is 1. The van der Waals surface area contributed by atoms with Crippen molar-refractivity contribution in [3.8, 4) is 11.5 Å². The van der Waals surface area contributed by atoms with Gasteiger partial charge in [-0.05, 0) is 53.1 Å². The lowest BCUT2D eigenvalue weighted by molar-refractivity contribution is -0.131. The molecular formula is C23H31IN4O3S. The van der Waals surface area contributed by atoms with Gasteiger partial charge in [-0.2, -0.15) is 0 Å². The molecule has 3 heterocycles. The van der Waals surface area contributed by atoms with Crippen molar-refractivity contribution in [2.75, 3.05) is 40.9 Å². The summed E-state index contributed by atoms with van der Waals surface area (Å²) in [5, 5.41) is 5.50. The number of ether oxygens (including phenoxy) is 2. The van der Waals surface area contributed by atoms with Crippen molar-refractivity contribution in [3.05, 3.63) is 45.1 Å². The van der Waals surface area contributed by atoms with Crippen molar-refractivity contribution >= 4 is 47.2 Å². The summed E-state index contributed by atoms with van der Waals surface area (Å²) in [6.07, 6.45) is 2.34. The number of guanidine groups is 1. The Labute approximate surface area is 210 Å². The van der Waals surface area contributed by atoms with Gasteiger partial charge in [-0.15, -0.1) is 35.3 Å². The average molecular weight is 570 g/mol. The number of nitrogens with zero attached hydrogens (tertiary/aromatic N) is 3. The Morgan fingerprint density at radius 3 is 2.47 bits per heavy atom. The molecular weight excluding hydrogens is 539 g/mol. The molecule has 4 rings (SSSR count). The predicted octanol–water partition coefficient (Wildman–Crippen LogP) is 3.29. The minimum absolute atomic E-state index is 0. The van der Waals surface area contributed by atoms with Crippen LogP contribution in [0.4, 0.5) is 0 Å². The summed E-state index contributed by atoms with van der Waals surface area (Å²) in [6.45, 7) is 3.74. The van der Waals surface area contributed by atoms with Crippen LogP contribution in [-0.2, 0) is 30.7 Å². The average Bonchev–Trinajstić information content (AvgIpc) is 3.28. The Bertz CT molecular complexity index is 978. The normalized spacial score (nSPS) is 15.4. The summed E-state index contributed by atoms with van der Waals surface area (Å²) >= 11 is 1.79. The molecule has 9 heteroatoms. The number of aliphatic imine (C=N–C) groups is 1. The number of amides is 1. The number of fused-ring (bicyclic) bond motifs is 2. The maximum absolute atomic E-state index is 12.7. The molecule has 0 fully saturated rings. The summed E-state index contributed by atoms with van der Waals surface area (Å²) in [5.74, 6) is 2.53. The highest BCUT2D eigenvalue weighted by Crippen LogP contribution is 2.33. The first-order valence-corrected chi connectivity index (χ1v) is 11.5. The van der Waals surface area contributed by atoms with Crippen LogP contribution in [-0.4, -0.2) is 62.6 Å². The maximum Gasteiger partial charge on any atom is 0.224 e. The monoisotopic (exact) mass is 570 g/mol. The topological polar surface area (TPSA) is 66.4 Å². The largest absolute Gasteiger partial charge is 0.493 e. The second kappa shape index (κ2) is 11.2. The standard InChI is InChI=1S/C23H30N4O3S.HI/c1-24-23(25-8-4-22(28)26-10-6-21-17(14-26)7-11-31-21)27-9-5-16-12-19(29-2)20(30-3)13-18(16)15-27;/h7,11-13H,4-6,8-10,14-15H2,1-3H3,(H,24,25);1H. The van der Waals surface area contributed by atoms with Crippen LogP contribution in [0.3, 0.4) is 0 Å². The fourth-order valence-corrected chi connectivity index (χ4v) is 5.19.